The van der Waals surface area contributed by atoms with Crippen molar-refractivity contribution in [2.24, 2.45) is 0 Å². The summed E-state index contributed by atoms with van der Waals surface area (Å²) in [4.78, 5) is 14.1. The standard InChI is InChI=1S/C17H17ClFNO3/c18-13-3-1-4-14(19)12(13)9-15(21)17(22)20-7-2-5-16-11(10-20)6-8-23-16/h1,3-4,6,8,15,21H,2,5,7,9-10H2/t15-/m0/s1. The van der Waals surface area contributed by atoms with Crippen molar-refractivity contribution >= 4 is 17.5 Å². The fourth-order valence-electron chi connectivity index (χ4n) is 2.85. The van der Waals surface area contributed by atoms with Crippen LogP contribution in [0, 0.1) is 5.82 Å². The summed E-state index contributed by atoms with van der Waals surface area (Å²) in [5.41, 5.74) is 1.11. The number of benzene rings is 1. The topological polar surface area (TPSA) is 53.7 Å². The first kappa shape index (κ1) is 16.0. The van der Waals surface area contributed by atoms with Crippen molar-refractivity contribution in [1.29, 1.82) is 0 Å². The summed E-state index contributed by atoms with van der Waals surface area (Å²) in [6.07, 6.45) is 1.67. The van der Waals surface area contributed by atoms with Crippen LogP contribution in [-0.2, 0) is 24.2 Å². The van der Waals surface area contributed by atoms with Gasteiger partial charge in [0.2, 0.25) is 0 Å². The number of hydrogen-bond acceptors (Lipinski definition) is 3. The monoisotopic (exact) mass is 337 g/mol. The number of carbonyl (C=O) groups excluding carboxylic acids is 1. The Morgan fingerprint density at radius 2 is 2.26 bits per heavy atom. The third kappa shape index (κ3) is 3.41. The van der Waals surface area contributed by atoms with E-state index in [4.69, 9.17) is 16.0 Å². The second kappa shape index (κ2) is 6.72. The van der Waals surface area contributed by atoms with Crippen molar-refractivity contribution in [3.63, 3.8) is 0 Å². The first-order valence-corrected chi connectivity index (χ1v) is 7.89. The van der Waals surface area contributed by atoms with E-state index in [9.17, 15) is 14.3 Å². The molecule has 122 valence electrons. The van der Waals surface area contributed by atoms with E-state index in [0.29, 0.717) is 13.1 Å². The van der Waals surface area contributed by atoms with E-state index in [1.165, 1.54) is 12.1 Å². The molecule has 1 aliphatic heterocycles. The number of aliphatic hydroxyl groups is 1. The van der Waals surface area contributed by atoms with Crippen LogP contribution in [0.15, 0.2) is 34.9 Å². The molecule has 0 spiro atoms. The van der Waals surface area contributed by atoms with Crippen LogP contribution in [-0.4, -0.2) is 28.6 Å². The van der Waals surface area contributed by atoms with Gasteiger partial charge >= 0.3 is 0 Å². The number of aryl methyl sites for hydroxylation is 1. The first-order valence-electron chi connectivity index (χ1n) is 7.51. The van der Waals surface area contributed by atoms with Crippen LogP contribution < -0.4 is 0 Å². The second-order valence-electron chi connectivity index (χ2n) is 5.65. The maximum atomic E-state index is 13.8. The van der Waals surface area contributed by atoms with Crippen molar-refractivity contribution in [1.82, 2.24) is 4.90 Å². The van der Waals surface area contributed by atoms with Crippen LogP contribution in [0.4, 0.5) is 4.39 Å². The van der Waals surface area contributed by atoms with Gasteiger partial charge in [0.15, 0.2) is 0 Å². The van der Waals surface area contributed by atoms with E-state index in [0.717, 1.165) is 24.2 Å². The quantitative estimate of drug-likeness (QED) is 0.937. The number of nitrogens with zero attached hydrogens (tertiary/aromatic N) is 1. The molecule has 1 N–H and O–H groups in total. The molecule has 0 bridgehead atoms. The molecular weight excluding hydrogens is 321 g/mol. The van der Waals surface area contributed by atoms with Crippen LogP contribution in [0.2, 0.25) is 5.02 Å². The Bertz CT molecular complexity index is 695. The second-order valence-corrected chi connectivity index (χ2v) is 6.06. The number of aliphatic hydroxyl groups excluding tert-OH is 1. The first-order chi connectivity index (χ1) is 11.1. The Morgan fingerprint density at radius 3 is 3.04 bits per heavy atom. The average molecular weight is 338 g/mol. The molecule has 1 atom stereocenters. The number of amides is 1. The van der Waals surface area contributed by atoms with Crippen LogP contribution in [0.5, 0.6) is 0 Å². The molecular formula is C17H17ClFNO3. The van der Waals surface area contributed by atoms with Crippen molar-refractivity contribution in [3.05, 3.63) is 58.3 Å². The van der Waals surface area contributed by atoms with Gasteiger partial charge in [-0.25, -0.2) is 4.39 Å². The molecule has 0 saturated carbocycles. The summed E-state index contributed by atoms with van der Waals surface area (Å²) < 4.78 is 19.2. The highest BCUT2D eigenvalue weighted by Crippen LogP contribution is 2.23. The van der Waals surface area contributed by atoms with Crippen molar-refractivity contribution in [3.8, 4) is 0 Å². The number of rotatable bonds is 3. The molecule has 1 amide bonds. The Balaban J connectivity index is 1.72. The fraction of sp³-hybridized carbons (Fsp3) is 0.353. The fourth-order valence-corrected chi connectivity index (χ4v) is 3.09. The van der Waals surface area contributed by atoms with E-state index in [-0.39, 0.29) is 17.0 Å². The molecule has 23 heavy (non-hydrogen) atoms. The van der Waals surface area contributed by atoms with Crippen LogP contribution in [0.3, 0.4) is 0 Å². The van der Waals surface area contributed by atoms with Gasteiger partial charge in [0.1, 0.15) is 17.7 Å². The van der Waals surface area contributed by atoms with E-state index < -0.39 is 17.8 Å². The Kier molecular flexibility index (Phi) is 4.68. The lowest BCUT2D eigenvalue weighted by atomic mass is 10.1. The Labute approximate surface area is 138 Å². The molecule has 1 aromatic heterocycles. The van der Waals surface area contributed by atoms with Gasteiger partial charge in [-0.05, 0) is 24.6 Å². The van der Waals surface area contributed by atoms with Gasteiger partial charge in [0.25, 0.3) is 5.91 Å². The normalized spacial score (nSPS) is 15.9. The highest BCUT2D eigenvalue weighted by Gasteiger charge is 2.27. The summed E-state index contributed by atoms with van der Waals surface area (Å²) in [5.74, 6) is -0.0531. The highest BCUT2D eigenvalue weighted by molar-refractivity contribution is 6.31. The zero-order valence-electron chi connectivity index (χ0n) is 12.5. The highest BCUT2D eigenvalue weighted by atomic mass is 35.5. The van der Waals surface area contributed by atoms with Gasteiger partial charge in [-0.3, -0.25) is 4.79 Å². The number of halogens is 2. The van der Waals surface area contributed by atoms with Gasteiger partial charge in [-0.1, -0.05) is 17.7 Å². The average Bonchev–Trinajstić information content (AvgIpc) is 2.87. The van der Waals surface area contributed by atoms with Gasteiger partial charge in [-0.2, -0.15) is 0 Å². The molecule has 0 aliphatic carbocycles. The maximum absolute atomic E-state index is 13.8. The minimum Gasteiger partial charge on any atom is -0.469 e. The third-order valence-electron chi connectivity index (χ3n) is 4.09. The molecule has 0 unspecified atom stereocenters. The largest absolute Gasteiger partial charge is 0.469 e. The molecule has 6 heteroatoms. The maximum Gasteiger partial charge on any atom is 0.252 e. The number of carbonyl (C=O) groups is 1. The molecule has 4 nitrogen and oxygen atoms in total. The Morgan fingerprint density at radius 1 is 1.43 bits per heavy atom. The Hall–Kier alpha value is -1.85. The lowest BCUT2D eigenvalue weighted by molar-refractivity contribution is -0.140. The molecule has 1 aromatic carbocycles. The molecule has 0 fully saturated rings. The van der Waals surface area contributed by atoms with Crippen LogP contribution in [0.25, 0.3) is 0 Å². The summed E-state index contributed by atoms with van der Waals surface area (Å²) in [5, 5.41) is 10.4. The smallest absolute Gasteiger partial charge is 0.252 e. The predicted octanol–water partition coefficient (Wildman–Crippen LogP) is 2.95. The lowest BCUT2D eigenvalue weighted by Gasteiger charge is -2.23. The molecule has 2 heterocycles. The van der Waals surface area contributed by atoms with E-state index >= 15 is 0 Å². The summed E-state index contributed by atoms with van der Waals surface area (Å²) >= 11 is 5.95. The van der Waals surface area contributed by atoms with E-state index in [2.05, 4.69) is 0 Å². The van der Waals surface area contributed by atoms with Crippen LogP contribution >= 0.6 is 11.6 Å². The number of hydrogen-bond donors (Lipinski definition) is 1. The summed E-state index contributed by atoms with van der Waals surface area (Å²) in [7, 11) is 0. The van der Waals surface area contributed by atoms with Crippen LogP contribution in [0.1, 0.15) is 23.3 Å². The molecule has 0 radical (unpaired) electrons. The van der Waals surface area contributed by atoms with Crippen molar-refractivity contribution in [2.45, 2.75) is 31.9 Å². The van der Waals surface area contributed by atoms with Crippen molar-refractivity contribution < 1.29 is 18.7 Å². The van der Waals surface area contributed by atoms with E-state index in [1.807, 2.05) is 6.07 Å². The van der Waals surface area contributed by atoms with Gasteiger partial charge in [-0.15, -0.1) is 0 Å². The predicted molar refractivity (Wildman–Crippen MR) is 83.6 cm³/mol. The zero-order valence-corrected chi connectivity index (χ0v) is 13.2. The summed E-state index contributed by atoms with van der Waals surface area (Å²) in [6.45, 7) is 0.928. The van der Waals surface area contributed by atoms with Crippen molar-refractivity contribution in [2.75, 3.05) is 6.54 Å². The molecule has 1 aliphatic rings. The minimum absolute atomic E-state index is 0.140. The van der Waals surface area contributed by atoms with Gasteiger partial charge in [0, 0.05) is 42.1 Å². The van der Waals surface area contributed by atoms with E-state index in [1.54, 1.807) is 17.2 Å². The number of fused-ring (bicyclic) bond motifs is 1. The zero-order chi connectivity index (χ0) is 16.4. The van der Waals surface area contributed by atoms with Gasteiger partial charge in [0.05, 0.1) is 6.26 Å². The lowest BCUT2D eigenvalue weighted by Crippen LogP contribution is -2.40. The molecule has 0 saturated heterocycles. The third-order valence-corrected chi connectivity index (χ3v) is 4.44. The SMILES string of the molecule is O=C([C@@H](O)Cc1c(F)cccc1Cl)N1CCCc2occc2C1. The minimum atomic E-state index is -1.32. The number of furan rings is 1. The molecule has 2 aromatic rings. The van der Waals surface area contributed by atoms with Gasteiger partial charge < -0.3 is 14.4 Å². The summed E-state index contributed by atoms with van der Waals surface area (Å²) in [6, 6.07) is 6.13. The molecule has 3 rings (SSSR count).